The Bertz CT molecular complexity index is 836. The molecule has 1 N–H and O–H groups in total. The highest BCUT2D eigenvalue weighted by molar-refractivity contribution is 7.99. The van der Waals surface area contributed by atoms with Gasteiger partial charge in [-0.05, 0) is 43.2 Å². The molecule has 25 heavy (non-hydrogen) atoms. The van der Waals surface area contributed by atoms with E-state index in [1.54, 1.807) is 0 Å². The minimum absolute atomic E-state index is 0.0568. The minimum Gasteiger partial charge on any atom is -0.321 e. The Morgan fingerprint density at radius 3 is 2.72 bits per heavy atom. The van der Waals surface area contributed by atoms with Gasteiger partial charge in [-0.15, -0.1) is 11.3 Å². The maximum atomic E-state index is 12.3. The molecule has 0 radical (unpaired) electrons. The van der Waals surface area contributed by atoms with E-state index >= 15 is 0 Å². The van der Waals surface area contributed by atoms with Crippen LogP contribution in [0.5, 0.6) is 0 Å². The fourth-order valence-electron chi connectivity index (χ4n) is 2.10. The number of nitrogens with one attached hydrogen (secondary N) is 1. The number of thiazole rings is 1. The van der Waals surface area contributed by atoms with Crippen molar-refractivity contribution in [2.24, 2.45) is 0 Å². The number of hydrogen-bond donors (Lipinski definition) is 1. The van der Waals surface area contributed by atoms with E-state index in [0.29, 0.717) is 34.0 Å². The Kier molecular flexibility index (Phi) is 5.46. The third-order valence-corrected chi connectivity index (χ3v) is 5.21. The lowest BCUT2D eigenvalue weighted by Crippen LogP contribution is -2.13. The van der Waals surface area contributed by atoms with Crippen molar-refractivity contribution in [2.75, 3.05) is 5.32 Å². The number of benzene rings is 1. The molecule has 8 heteroatoms. The molecular formula is C17H13F2N3OS2. The topological polar surface area (TPSA) is 65.8 Å². The summed E-state index contributed by atoms with van der Waals surface area (Å²) in [7, 11) is 0. The summed E-state index contributed by atoms with van der Waals surface area (Å²) < 4.78 is 24.6. The van der Waals surface area contributed by atoms with Crippen molar-refractivity contribution in [3.63, 3.8) is 0 Å². The number of thioether (sulfide) groups is 1. The predicted molar refractivity (Wildman–Crippen MR) is 94.6 cm³/mol. The van der Waals surface area contributed by atoms with Crippen LogP contribution in [0, 0.1) is 11.3 Å². The average Bonchev–Trinajstić information content (AvgIpc) is 3.33. The second-order valence-electron chi connectivity index (χ2n) is 5.41. The van der Waals surface area contributed by atoms with Crippen molar-refractivity contribution < 1.29 is 13.6 Å². The standard InChI is InChI=1S/C17H13F2N3OS2/c18-17(19)25-14-5-3-12(4-6-14)21-15(23)11(8-20)7-13-9-24-16(22-13)10-1-2-10/h3-7,9-10,17H,1-2H2,(H,21,23). The summed E-state index contributed by atoms with van der Waals surface area (Å²) >= 11 is 1.97. The second-order valence-corrected chi connectivity index (χ2v) is 7.36. The molecule has 1 aromatic carbocycles. The molecular weight excluding hydrogens is 364 g/mol. The molecule has 0 saturated heterocycles. The Labute approximate surface area is 151 Å². The zero-order valence-electron chi connectivity index (χ0n) is 12.9. The number of hydrogen-bond acceptors (Lipinski definition) is 5. The number of anilines is 1. The van der Waals surface area contributed by atoms with Gasteiger partial charge < -0.3 is 5.32 Å². The summed E-state index contributed by atoms with van der Waals surface area (Å²) in [5.41, 5.74) is 0.975. The van der Waals surface area contributed by atoms with E-state index in [2.05, 4.69) is 10.3 Å². The average molecular weight is 377 g/mol. The van der Waals surface area contributed by atoms with Crippen LogP contribution in [0.2, 0.25) is 0 Å². The summed E-state index contributed by atoms with van der Waals surface area (Å²) in [5, 5.41) is 14.7. The van der Waals surface area contributed by atoms with Crippen LogP contribution in [0.4, 0.5) is 14.5 Å². The van der Waals surface area contributed by atoms with Crippen LogP contribution in [0.3, 0.4) is 0 Å². The second kappa shape index (κ2) is 7.76. The first kappa shape index (κ1) is 17.6. The number of nitrogens with zero attached hydrogens (tertiary/aromatic N) is 2. The maximum Gasteiger partial charge on any atom is 0.288 e. The molecule has 128 valence electrons. The summed E-state index contributed by atoms with van der Waals surface area (Å²) in [6, 6.07) is 7.89. The fourth-order valence-corrected chi connectivity index (χ4v) is 3.55. The molecule has 0 spiro atoms. The van der Waals surface area contributed by atoms with Gasteiger partial charge in [0.2, 0.25) is 0 Å². The van der Waals surface area contributed by atoms with Crippen LogP contribution >= 0.6 is 23.1 Å². The number of rotatable bonds is 6. The lowest BCUT2D eigenvalue weighted by molar-refractivity contribution is -0.112. The Morgan fingerprint density at radius 1 is 1.40 bits per heavy atom. The largest absolute Gasteiger partial charge is 0.321 e. The molecule has 1 heterocycles. The number of carbonyl (C=O) groups is 1. The molecule has 0 bridgehead atoms. The Morgan fingerprint density at radius 2 is 2.12 bits per heavy atom. The highest BCUT2D eigenvalue weighted by Gasteiger charge is 2.26. The molecule has 2 aromatic rings. The molecule has 0 unspecified atom stereocenters. The first-order valence-electron chi connectivity index (χ1n) is 7.48. The molecule has 0 atom stereocenters. The van der Waals surface area contributed by atoms with Crippen molar-refractivity contribution in [1.82, 2.24) is 4.98 Å². The molecule has 1 aliphatic carbocycles. The van der Waals surface area contributed by atoms with Crippen LogP contribution in [0.15, 0.2) is 40.1 Å². The first-order valence-corrected chi connectivity index (χ1v) is 9.24. The quantitative estimate of drug-likeness (QED) is 0.443. The zero-order chi connectivity index (χ0) is 17.8. The van der Waals surface area contributed by atoms with E-state index in [0.717, 1.165) is 17.8 Å². The highest BCUT2D eigenvalue weighted by atomic mass is 32.2. The lowest BCUT2D eigenvalue weighted by Gasteiger charge is -2.05. The van der Waals surface area contributed by atoms with Gasteiger partial charge in [-0.3, -0.25) is 4.79 Å². The van der Waals surface area contributed by atoms with Gasteiger partial charge in [-0.25, -0.2) is 4.98 Å². The van der Waals surface area contributed by atoms with Crippen molar-refractivity contribution in [1.29, 1.82) is 5.26 Å². The monoisotopic (exact) mass is 377 g/mol. The summed E-state index contributed by atoms with van der Waals surface area (Å²) in [4.78, 5) is 17.0. The van der Waals surface area contributed by atoms with Gasteiger partial charge in [0.1, 0.15) is 11.6 Å². The highest BCUT2D eigenvalue weighted by Crippen LogP contribution is 2.41. The number of halogens is 2. The zero-order valence-corrected chi connectivity index (χ0v) is 14.5. The SMILES string of the molecule is N#CC(=Cc1csc(C2CC2)n1)C(=O)Nc1ccc(SC(F)F)cc1. The Hall–Kier alpha value is -2.24. The molecule has 3 rings (SSSR count). The smallest absolute Gasteiger partial charge is 0.288 e. The Balaban J connectivity index is 1.67. The molecule has 1 amide bonds. The maximum absolute atomic E-state index is 12.3. The van der Waals surface area contributed by atoms with Gasteiger partial charge in [-0.1, -0.05) is 11.8 Å². The van der Waals surface area contributed by atoms with E-state index in [4.69, 9.17) is 0 Å². The molecule has 1 aliphatic rings. The van der Waals surface area contributed by atoms with Crippen LogP contribution in [-0.2, 0) is 4.79 Å². The summed E-state index contributed by atoms with van der Waals surface area (Å²) in [6.07, 6.45) is 3.74. The van der Waals surface area contributed by atoms with Crippen molar-refractivity contribution in [2.45, 2.75) is 29.4 Å². The van der Waals surface area contributed by atoms with Gasteiger partial charge in [0, 0.05) is 21.9 Å². The van der Waals surface area contributed by atoms with E-state index < -0.39 is 11.7 Å². The van der Waals surface area contributed by atoms with E-state index in [1.165, 1.54) is 41.7 Å². The number of alkyl halides is 2. The summed E-state index contributed by atoms with van der Waals surface area (Å²) in [5.74, 6) is -2.53. The molecule has 1 aromatic heterocycles. The normalized spacial score (nSPS) is 14.4. The predicted octanol–water partition coefficient (Wildman–Crippen LogP) is 4.88. The van der Waals surface area contributed by atoms with Crippen molar-refractivity contribution >= 4 is 40.8 Å². The molecule has 4 nitrogen and oxygen atoms in total. The molecule has 1 fully saturated rings. The lowest BCUT2D eigenvalue weighted by atomic mass is 10.2. The van der Waals surface area contributed by atoms with E-state index in [9.17, 15) is 18.8 Å². The van der Waals surface area contributed by atoms with Gasteiger partial charge in [0.05, 0.1) is 10.7 Å². The summed E-state index contributed by atoms with van der Waals surface area (Å²) in [6.45, 7) is 0. The van der Waals surface area contributed by atoms with Crippen LogP contribution in [-0.4, -0.2) is 16.6 Å². The number of aromatic nitrogens is 1. The number of amides is 1. The van der Waals surface area contributed by atoms with Gasteiger partial charge in [0.25, 0.3) is 11.7 Å². The molecule has 0 aliphatic heterocycles. The van der Waals surface area contributed by atoms with Crippen LogP contribution in [0.25, 0.3) is 6.08 Å². The van der Waals surface area contributed by atoms with Crippen LogP contribution < -0.4 is 5.32 Å². The van der Waals surface area contributed by atoms with E-state index in [-0.39, 0.29) is 5.57 Å². The van der Waals surface area contributed by atoms with Crippen molar-refractivity contribution in [3.05, 3.63) is 45.9 Å². The third-order valence-electron chi connectivity index (χ3n) is 3.46. The first-order chi connectivity index (χ1) is 12.0. The van der Waals surface area contributed by atoms with Crippen molar-refractivity contribution in [3.8, 4) is 6.07 Å². The number of carbonyl (C=O) groups excluding carboxylic acids is 1. The van der Waals surface area contributed by atoms with Gasteiger partial charge in [0.15, 0.2) is 0 Å². The van der Waals surface area contributed by atoms with Crippen LogP contribution in [0.1, 0.15) is 29.5 Å². The number of nitriles is 1. The van der Waals surface area contributed by atoms with Gasteiger partial charge >= 0.3 is 0 Å². The van der Waals surface area contributed by atoms with Gasteiger partial charge in [-0.2, -0.15) is 14.0 Å². The fraction of sp³-hybridized carbons (Fsp3) is 0.235. The van der Waals surface area contributed by atoms with E-state index in [1.807, 2.05) is 11.4 Å². The molecule has 1 saturated carbocycles. The third kappa shape index (κ3) is 4.87. The minimum atomic E-state index is -2.49.